The van der Waals surface area contributed by atoms with Crippen LogP contribution in [0.4, 0.5) is 10.8 Å². The lowest BCUT2D eigenvalue weighted by Crippen LogP contribution is -2.11. The zero-order chi connectivity index (χ0) is 21.1. The molecule has 30 heavy (non-hydrogen) atoms. The van der Waals surface area contributed by atoms with Crippen LogP contribution in [0.5, 0.6) is 0 Å². The molecule has 0 atom stereocenters. The predicted octanol–water partition coefficient (Wildman–Crippen LogP) is 5.95. The van der Waals surface area contributed by atoms with Crippen molar-refractivity contribution in [1.29, 1.82) is 0 Å². The molecule has 1 N–H and O–H groups in total. The van der Waals surface area contributed by atoms with Gasteiger partial charge in [-0.05, 0) is 36.8 Å². The molecule has 0 aliphatic rings. The first-order chi connectivity index (χ1) is 14.5. The zero-order valence-corrected chi connectivity index (χ0v) is 16.8. The second kappa shape index (κ2) is 8.26. The van der Waals surface area contributed by atoms with Gasteiger partial charge in [0.05, 0.1) is 15.5 Å². The molecule has 1 aromatic heterocycles. The number of aromatic nitrogens is 1. The van der Waals surface area contributed by atoms with Crippen molar-refractivity contribution in [2.75, 3.05) is 5.32 Å². The number of hydrogen-bond donors (Lipinski definition) is 1. The fourth-order valence-electron chi connectivity index (χ4n) is 3.05. The number of nitro groups is 1. The Hall–Kier alpha value is -3.84. The van der Waals surface area contributed by atoms with Gasteiger partial charge in [-0.15, -0.1) is 0 Å². The fourth-order valence-corrected chi connectivity index (χ4v) is 4.04. The van der Waals surface area contributed by atoms with Gasteiger partial charge in [0.15, 0.2) is 5.13 Å². The van der Waals surface area contributed by atoms with E-state index in [1.54, 1.807) is 18.2 Å². The Morgan fingerprint density at radius 1 is 0.967 bits per heavy atom. The van der Waals surface area contributed by atoms with Crippen molar-refractivity contribution >= 4 is 28.1 Å². The average Bonchev–Trinajstić information content (AvgIpc) is 3.18. The Labute approximate surface area is 177 Å². The van der Waals surface area contributed by atoms with E-state index in [0.717, 1.165) is 21.6 Å². The summed E-state index contributed by atoms with van der Waals surface area (Å²) in [5.41, 5.74) is 4.00. The largest absolute Gasteiger partial charge is 0.298 e. The van der Waals surface area contributed by atoms with Crippen molar-refractivity contribution in [2.45, 2.75) is 6.92 Å². The Kier molecular flexibility index (Phi) is 5.36. The molecular formula is C23H17N3O3S. The molecule has 0 fully saturated rings. The van der Waals surface area contributed by atoms with E-state index in [2.05, 4.69) is 10.3 Å². The van der Waals surface area contributed by atoms with Crippen LogP contribution in [-0.4, -0.2) is 15.8 Å². The number of nitrogens with one attached hydrogen (secondary N) is 1. The first-order valence-electron chi connectivity index (χ1n) is 9.20. The van der Waals surface area contributed by atoms with Gasteiger partial charge in [-0.3, -0.25) is 20.2 Å². The number of carbonyl (C=O) groups is 1. The quantitative estimate of drug-likeness (QED) is 0.323. The first-order valence-corrected chi connectivity index (χ1v) is 10.0. The maximum absolute atomic E-state index is 12.7. The van der Waals surface area contributed by atoms with Gasteiger partial charge in [-0.25, -0.2) is 4.98 Å². The molecule has 0 spiro atoms. The highest BCUT2D eigenvalue weighted by atomic mass is 32.1. The minimum absolute atomic E-state index is 0.0255. The number of non-ortho nitro benzene ring substituents is 1. The maximum atomic E-state index is 12.7. The Balaban J connectivity index is 1.72. The molecule has 1 heterocycles. The Bertz CT molecular complexity index is 1220. The van der Waals surface area contributed by atoms with Crippen LogP contribution in [0.15, 0.2) is 78.9 Å². The number of anilines is 1. The summed E-state index contributed by atoms with van der Waals surface area (Å²) in [6, 6.07) is 23.3. The molecule has 4 rings (SSSR count). The summed E-state index contributed by atoms with van der Waals surface area (Å²) in [6.45, 7) is 1.93. The van der Waals surface area contributed by atoms with Crippen LogP contribution in [0, 0.1) is 17.0 Å². The molecule has 0 bridgehead atoms. The summed E-state index contributed by atoms with van der Waals surface area (Å²) >= 11 is 1.34. The summed E-state index contributed by atoms with van der Waals surface area (Å²) in [7, 11) is 0. The summed E-state index contributed by atoms with van der Waals surface area (Å²) in [5, 5.41) is 14.3. The number of nitro benzene ring substituents is 1. The van der Waals surface area contributed by atoms with E-state index in [1.807, 2.05) is 55.5 Å². The molecule has 1 amide bonds. The van der Waals surface area contributed by atoms with Crippen LogP contribution in [-0.2, 0) is 0 Å². The van der Waals surface area contributed by atoms with E-state index in [4.69, 9.17) is 0 Å². The molecule has 7 heteroatoms. The van der Waals surface area contributed by atoms with Gasteiger partial charge < -0.3 is 0 Å². The summed E-state index contributed by atoms with van der Waals surface area (Å²) in [5.74, 6) is -0.234. The molecule has 4 aromatic rings. The van der Waals surface area contributed by atoms with Gasteiger partial charge in [0.1, 0.15) is 0 Å². The second-order valence-electron chi connectivity index (χ2n) is 6.69. The van der Waals surface area contributed by atoms with Gasteiger partial charge >= 0.3 is 0 Å². The molecule has 0 radical (unpaired) electrons. The third-order valence-corrected chi connectivity index (χ3v) is 5.54. The van der Waals surface area contributed by atoms with E-state index < -0.39 is 4.92 Å². The van der Waals surface area contributed by atoms with Crippen molar-refractivity contribution in [3.05, 3.63) is 100 Å². The van der Waals surface area contributed by atoms with Gasteiger partial charge in [0.25, 0.3) is 11.6 Å². The standard InChI is InChI=1S/C23H17N3O3S/c1-15-6-5-9-18(14-15)22(27)25-23-24-20(16-7-3-2-4-8-16)21(30-23)17-10-12-19(13-11-17)26(28)29/h2-14H,1H3,(H,24,25,27). The van der Waals surface area contributed by atoms with E-state index >= 15 is 0 Å². The van der Waals surface area contributed by atoms with Gasteiger partial charge in [0.2, 0.25) is 0 Å². The third kappa shape index (κ3) is 4.11. The lowest BCUT2D eigenvalue weighted by atomic mass is 10.1. The Morgan fingerprint density at radius 3 is 2.37 bits per heavy atom. The molecular weight excluding hydrogens is 398 g/mol. The number of rotatable bonds is 5. The first kappa shape index (κ1) is 19.5. The smallest absolute Gasteiger partial charge is 0.269 e. The van der Waals surface area contributed by atoms with E-state index in [-0.39, 0.29) is 11.6 Å². The minimum Gasteiger partial charge on any atom is -0.298 e. The van der Waals surface area contributed by atoms with Crippen LogP contribution in [0.3, 0.4) is 0 Å². The zero-order valence-electron chi connectivity index (χ0n) is 16.0. The maximum Gasteiger partial charge on any atom is 0.269 e. The highest BCUT2D eigenvalue weighted by Crippen LogP contribution is 2.39. The number of aryl methyl sites for hydroxylation is 1. The lowest BCUT2D eigenvalue weighted by Gasteiger charge is -2.02. The summed E-state index contributed by atoms with van der Waals surface area (Å²) < 4.78 is 0. The average molecular weight is 415 g/mol. The molecule has 0 unspecified atom stereocenters. The molecule has 0 aliphatic carbocycles. The molecule has 0 aliphatic heterocycles. The van der Waals surface area contributed by atoms with Crippen LogP contribution in [0.25, 0.3) is 21.7 Å². The molecule has 0 saturated heterocycles. The van der Waals surface area contributed by atoms with Crippen LogP contribution >= 0.6 is 11.3 Å². The Morgan fingerprint density at radius 2 is 1.70 bits per heavy atom. The molecule has 3 aromatic carbocycles. The van der Waals surface area contributed by atoms with Gasteiger partial charge in [-0.2, -0.15) is 0 Å². The monoisotopic (exact) mass is 415 g/mol. The van der Waals surface area contributed by atoms with Crippen molar-refractivity contribution < 1.29 is 9.72 Å². The van der Waals surface area contributed by atoms with Crippen molar-refractivity contribution in [3.8, 4) is 21.7 Å². The van der Waals surface area contributed by atoms with Crippen molar-refractivity contribution in [1.82, 2.24) is 4.98 Å². The SMILES string of the molecule is Cc1cccc(C(=O)Nc2nc(-c3ccccc3)c(-c3ccc([N+](=O)[O-])cc3)s2)c1. The van der Waals surface area contributed by atoms with Crippen LogP contribution in [0.2, 0.25) is 0 Å². The molecule has 6 nitrogen and oxygen atoms in total. The highest BCUT2D eigenvalue weighted by molar-refractivity contribution is 7.19. The number of thiazole rings is 1. The number of benzene rings is 3. The van der Waals surface area contributed by atoms with E-state index in [1.165, 1.54) is 23.5 Å². The van der Waals surface area contributed by atoms with Crippen molar-refractivity contribution in [3.63, 3.8) is 0 Å². The number of hydrogen-bond acceptors (Lipinski definition) is 5. The topological polar surface area (TPSA) is 85.1 Å². The van der Waals surface area contributed by atoms with Gasteiger partial charge in [0, 0.05) is 23.3 Å². The van der Waals surface area contributed by atoms with Crippen molar-refractivity contribution in [2.24, 2.45) is 0 Å². The third-order valence-electron chi connectivity index (χ3n) is 4.52. The van der Waals surface area contributed by atoms with Crippen LogP contribution in [0.1, 0.15) is 15.9 Å². The second-order valence-corrected chi connectivity index (χ2v) is 7.69. The lowest BCUT2D eigenvalue weighted by molar-refractivity contribution is -0.384. The summed E-state index contributed by atoms with van der Waals surface area (Å²) in [6.07, 6.45) is 0. The predicted molar refractivity (Wildman–Crippen MR) is 119 cm³/mol. The fraction of sp³-hybridized carbons (Fsp3) is 0.0435. The summed E-state index contributed by atoms with van der Waals surface area (Å²) in [4.78, 5) is 28.7. The van der Waals surface area contributed by atoms with E-state index in [0.29, 0.717) is 16.4 Å². The highest BCUT2D eigenvalue weighted by Gasteiger charge is 2.18. The number of amides is 1. The molecule has 0 saturated carbocycles. The van der Waals surface area contributed by atoms with E-state index in [9.17, 15) is 14.9 Å². The minimum atomic E-state index is -0.429. The van der Waals surface area contributed by atoms with Crippen LogP contribution < -0.4 is 5.32 Å². The number of nitrogens with zero attached hydrogens (tertiary/aromatic N) is 2. The normalized spacial score (nSPS) is 10.6. The number of carbonyl (C=O) groups excluding carboxylic acids is 1. The molecule has 148 valence electrons. The van der Waals surface area contributed by atoms with Gasteiger partial charge in [-0.1, -0.05) is 59.4 Å².